The molecule has 1 aliphatic rings. The van der Waals surface area contributed by atoms with Crippen LogP contribution in [0.2, 0.25) is 0 Å². The first-order chi connectivity index (χ1) is 12.9. The van der Waals surface area contributed by atoms with Crippen molar-refractivity contribution >= 4 is 0 Å². The van der Waals surface area contributed by atoms with E-state index in [0.717, 1.165) is 25.4 Å². The summed E-state index contributed by atoms with van der Waals surface area (Å²) in [7, 11) is 0. The molecule has 27 heavy (non-hydrogen) atoms. The Bertz CT molecular complexity index is 616. The van der Waals surface area contributed by atoms with E-state index in [1.807, 2.05) is 0 Å². The number of hydrogen-bond donors (Lipinski definition) is 0. The number of hydrogen-bond acceptors (Lipinski definition) is 1. The molecule has 0 N–H and O–H groups in total. The topological polar surface area (TPSA) is 9.23 Å². The number of benzene rings is 1. The summed E-state index contributed by atoms with van der Waals surface area (Å²) in [5.74, 6) is 1.82. The lowest BCUT2D eigenvalue weighted by Gasteiger charge is -2.24. The summed E-state index contributed by atoms with van der Waals surface area (Å²) >= 11 is 0. The van der Waals surface area contributed by atoms with E-state index >= 15 is 0 Å². The summed E-state index contributed by atoms with van der Waals surface area (Å²) in [6.45, 7) is 14.4. The average molecular weight is 368 g/mol. The smallest absolute Gasteiger partial charge is 0.0819 e. The van der Waals surface area contributed by atoms with Crippen LogP contribution in [0.4, 0.5) is 0 Å². The highest BCUT2D eigenvalue weighted by atomic mass is 16.5. The van der Waals surface area contributed by atoms with Crippen LogP contribution in [0, 0.1) is 18.3 Å². The Morgan fingerprint density at radius 3 is 2.22 bits per heavy atom. The molecule has 3 unspecified atom stereocenters. The van der Waals surface area contributed by atoms with Gasteiger partial charge < -0.3 is 4.74 Å². The van der Waals surface area contributed by atoms with Crippen molar-refractivity contribution in [3.05, 3.63) is 65.1 Å². The standard InChI is InChI=1S/C26H39O/c1-19(2)8-7-9-21(5)16-17-27-26(25-14-15-25)22(6)18-23-10-12-24(13-11-23)20(3)4/h8,10-15,20-22,26H,7,9,16-18H2,1-6H3. The average Bonchev–Trinajstić information content (AvgIpc) is 3.43. The van der Waals surface area contributed by atoms with E-state index in [4.69, 9.17) is 4.74 Å². The summed E-state index contributed by atoms with van der Waals surface area (Å²) in [5, 5.41) is 0. The van der Waals surface area contributed by atoms with Gasteiger partial charge in [0.25, 0.3) is 0 Å². The van der Waals surface area contributed by atoms with Crippen LogP contribution in [0.15, 0.2) is 47.6 Å². The Morgan fingerprint density at radius 2 is 1.67 bits per heavy atom. The maximum atomic E-state index is 6.35. The molecule has 1 aromatic rings. The molecule has 0 spiro atoms. The van der Waals surface area contributed by atoms with Gasteiger partial charge >= 0.3 is 0 Å². The molecule has 149 valence electrons. The molecule has 0 aromatic heterocycles. The minimum atomic E-state index is 0.250. The molecule has 1 aromatic carbocycles. The fraction of sp³-hybridized carbons (Fsp3) is 0.577. The molecule has 0 amide bonds. The second-order valence-corrected chi connectivity index (χ2v) is 8.96. The Balaban J connectivity index is 1.79. The molecular weight excluding hydrogens is 328 g/mol. The molecule has 1 nitrogen and oxygen atoms in total. The van der Waals surface area contributed by atoms with Gasteiger partial charge in [-0.25, -0.2) is 0 Å². The first kappa shape index (κ1) is 22.0. The molecule has 3 atom stereocenters. The normalized spacial score (nSPS) is 16.6. The zero-order chi connectivity index (χ0) is 19.8. The fourth-order valence-corrected chi connectivity index (χ4v) is 3.54. The van der Waals surface area contributed by atoms with Crippen LogP contribution in [-0.4, -0.2) is 12.7 Å². The maximum Gasteiger partial charge on any atom is 0.0819 e. The molecule has 0 heterocycles. The van der Waals surface area contributed by atoms with Crippen molar-refractivity contribution in [3.63, 3.8) is 0 Å². The molecule has 1 radical (unpaired) electrons. The fourth-order valence-electron chi connectivity index (χ4n) is 3.54. The molecule has 0 fully saturated rings. The van der Waals surface area contributed by atoms with Gasteiger partial charge in [0.15, 0.2) is 0 Å². The lowest BCUT2D eigenvalue weighted by Crippen LogP contribution is -2.24. The third-order valence-electron chi connectivity index (χ3n) is 5.53. The lowest BCUT2D eigenvalue weighted by molar-refractivity contribution is 0.0387. The van der Waals surface area contributed by atoms with E-state index in [1.165, 1.54) is 35.1 Å². The van der Waals surface area contributed by atoms with Gasteiger partial charge in [-0.15, -0.1) is 0 Å². The van der Waals surface area contributed by atoms with Gasteiger partial charge in [0.05, 0.1) is 6.10 Å². The minimum Gasteiger partial charge on any atom is -0.374 e. The zero-order valence-corrected chi connectivity index (χ0v) is 18.3. The van der Waals surface area contributed by atoms with Crippen LogP contribution in [0.3, 0.4) is 0 Å². The van der Waals surface area contributed by atoms with Crippen molar-refractivity contribution in [2.45, 2.75) is 79.2 Å². The summed E-state index contributed by atoms with van der Waals surface area (Å²) < 4.78 is 6.35. The van der Waals surface area contributed by atoms with Crippen LogP contribution >= 0.6 is 0 Å². The first-order valence-corrected chi connectivity index (χ1v) is 10.8. The third kappa shape index (κ3) is 8.05. The van der Waals surface area contributed by atoms with Crippen molar-refractivity contribution in [1.29, 1.82) is 0 Å². The third-order valence-corrected chi connectivity index (χ3v) is 5.53. The van der Waals surface area contributed by atoms with E-state index in [2.05, 4.69) is 84.4 Å². The van der Waals surface area contributed by atoms with Crippen LogP contribution in [0.25, 0.3) is 0 Å². The van der Waals surface area contributed by atoms with Crippen molar-refractivity contribution in [3.8, 4) is 0 Å². The van der Waals surface area contributed by atoms with Gasteiger partial charge in [0.2, 0.25) is 0 Å². The highest BCUT2D eigenvalue weighted by Gasteiger charge is 2.27. The predicted molar refractivity (Wildman–Crippen MR) is 118 cm³/mol. The van der Waals surface area contributed by atoms with Gasteiger partial charge in [-0.05, 0) is 74.0 Å². The van der Waals surface area contributed by atoms with Crippen molar-refractivity contribution in [2.75, 3.05) is 6.61 Å². The lowest BCUT2D eigenvalue weighted by atomic mass is 9.92. The highest BCUT2D eigenvalue weighted by molar-refractivity contribution is 5.42. The van der Waals surface area contributed by atoms with Crippen molar-refractivity contribution in [1.82, 2.24) is 0 Å². The van der Waals surface area contributed by atoms with Gasteiger partial charge in [0.1, 0.15) is 0 Å². The van der Waals surface area contributed by atoms with Gasteiger partial charge in [0, 0.05) is 13.0 Å². The van der Waals surface area contributed by atoms with Gasteiger partial charge in [-0.1, -0.05) is 69.7 Å². The van der Waals surface area contributed by atoms with Crippen LogP contribution < -0.4 is 0 Å². The zero-order valence-electron chi connectivity index (χ0n) is 18.3. The second-order valence-electron chi connectivity index (χ2n) is 8.96. The van der Waals surface area contributed by atoms with Crippen molar-refractivity contribution in [2.24, 2.45) is 11.8 Å². The van der Waals surface area contributed by atoms with E-state index in [9.17, 15) is 0 Å². The molecule has 0 saturated heterocycles. The van der Waals surface area contributed by atoms with E-state index < -0.39 is 0 Å². The predicted octanol–water partition coefficient (Wildman–Crippen LogP) is 7.29. The van der Waals surface area contributed by atoms with E-state index in [0.29, 0.717) is 11.8 Å². The maximum absolute atomic E-state index is 6.35. The number of rotatable bonds is 12. The Hall–Kier alpha value is -1.34. The Morgan fingerprint density at radius 1 is 1.00 bits per heavy atom. The summed E-state index contributed by atoms with van der Waals surface area (Å²) in [6, 6.07) is 9.14. The van der Waals surface area contributed by atoms with Crippen LogP contribution in [-0.2, 0) is 11.2 Å². The molecule has 0 aliphatic heterocycles. The highest BCUT2D eigenvalue weighted by Crippen LogP contribution is 2.31. The van der Waals surface area contributed by atoms with Crippen LogP contribution in [0.1, 0.15) is 77.8 Å². The largest absolute Gasteiger partial charge is 0.374 e. The minimum absolute atomic E-state index is 0.250. The molecular formula is C26H39O. The molecule has 1 aliphatic carbocycles. The Labute approximate surface area is 167 Å². The van der Waals surface area contributed by atoms with Gasteiger partial charge in [-0.3, -0.25) is 0 Å². The second kappa shape index (κ2) is 10.9. The molecule has 0 bridgehead atoms. The quantitative estimate of drug-likeness (QED) is 0.352. The molecule has 2 rings (SSSR count). The van der Waals surface area contributed by atoms with E-state index in [1.54, 1.807) is 0 Å². The molecule has 0 saturated carbocycles. The van der Waals surface area contributed by atoms with Crippen LogP contribution in [0.5, 0.6) is 0 Å². The Kier molecular flexibility index (Phi) is 8.83. The van der Waals surface area contributed by atoms with Crippen molar-refractivity contribution < 1.29 is 4.74 Å². The number of allylic oxidation sites excluding steroid dienone is 3. The molecule has 1 heteroatoms. The first-order valence-electron chi connectivity index (χ1n) is 10.8. The monoisotopic (exact) mass is 367 g/mol. The van der Waals surface area contributed by atoms with Gasteiger partial charge in [-0.2, -0.15) is 0 Å². The summed E-state index contributed by atoms with van der Waals surface area (Å²) in [6.07, 6.45) is 11.7. The summed E-state index contributed by atoms with van der Waals surface area (Å²) in [5.41, 5.74) is 5.64. The van der Waals surface area contributed by atoms with E-state index in [-0.39, 0.29) is 6.10 Å². The number of ether oxygens (including phenoxy) is 1. The summed E-state index contributed by atoms with van der Waals surface area (Å²) in [4.78, 5) is 0. The SMILES string of the molecule is CC(C)=CCCC(C)CCOC(C1=C[CH]1)C(C)Cc1ccc(C(C)C)cc1.